The van der Waals surface area contributed by atoms with E-state index in [4.69, 9.17) is 5.84 Å². The molecule has 0 saturated carbocycles. The summed E-state index contributed by atoms with van der Waals surface area (Å²) in [6, 6.07) is -0.498. The Kier molecular flexibility index (Phi) is 3.98. The third kappa shape index (κ3) is 3.71. The molecule has 5 nitrogen and oxygen atoms in total. The van der Waals surface area contributed by atoms with Gasteiger partial charge in [-0.3, -0.25) is 5.43 Å². The van der Waals surface area contributed by atoms with Crippen LogP contribution in [-0.4, -0.2) is 12.2 Å². The van der Waals surface area contributed by atoms with Crippen LogP contribution in [-0.2, 0) is 0 Å². The average molecular weight is 182 g/mol. The van der Waals surface area contributed by atoms with Crippen molar-refractivity contribution in [2.24, 2.45) is 16.9 Å². The molecule has 1 aliphatic rings. The van der Waals surface area contributed by atoms with Crippen LogP contribution in [0.5, 0.6) is 0 Å². The van der Waals surface area contributed by atoms with Gasteiger partial charge in [0, 0.05) is 6.21 Å². The average Bonchev–Trinajstić information content (AvgIpc) is 2.19. The van der Waals surface area contributed by atoms with Gasteiger partial charge in [0.1, 0.15) is 0 Å². The lowest BCUT2D eigenvalue weighted by Gasteiger charge is -2.11. The Balaban J connectivity index is 2.23. The summed E-state index contributed by atoms with van der Waals surface area (Å²) >= 11 is 0. The zero-order valence-corrected chi connectivity index (χ0v) is 7.36. The third-order valence-corrected chi connectivity index (χ3v) is 1.89. The van der Waals surface area contributed by atoms with Crippen LogP contribution in [0.2, 0.25) is 0 Å². The van der Waals surface area contributed by atoms with Gasteiger partial charge in [0.25, 0.3) is 0 Å². The van der Waals surface area contributed by atoms with Crippen molar-refractivity contribution in [2.45, 2.75) is 19.3 Å². The van der Waals surface area contributed by atoms with Gasteiger partial charge in [-0.05, 0) is 25.2 Å². The summed E-state index contributed by atoms with van der Waals surface area (Å²) in [7, 11) is 0. The number of hydrazone groups is 1. The van der Waals surface area contributed by atoms with Gasteiger partial charge >= 0.3 is 6.03 Å². The lowest BCUT2D eigenvalue weighted by Crippen LogP contribution is -2.37. The number of nitrogens with zero attached hydrogens (tertiary/aromatic N) is 1. The normalized spacial score (nSPS) is 21.8. The standard InChI is InChI=1S/C8H14N4O/c9-11-8(13)12-10-6-7-4-2-1-3-5-7/h1-2,6-7H,3-5,9H2,(H2,11,12,13). The van der Waals surface area contributed by atoms with E-state index < -0.39 is 6.03 Å². The minimum atomic E-state index is -0.498. The minimum absolute atomic E-state index is 0.433. The highest BCUT2D eigenvalue weighted by Crippen LogP contribution is 2.15. The number of hydrogen-bond donors (Lipinski definition) is 3. The first-order valence-electron chi connectivity index (χ1n) is 4.27. The molecule has 1 rings (SSSR count). The molecule has 13 heavy (non-hydrogen) atoms. The number of nitrogens with one attached hydrogen (secondary N) is 2. The zero-order chi connectivity index (χ0) is 9.52. The molecule has 0 heterocycles. The SMILES string of the molecule is NNC(=O)NN=CC1CC=CCC1. The molecule has 1 aliphatic carbocycles. The molecule has 1 unspecified atom stereocenters. The second kappa shape index (κ2) is 5.31. The van der Waals surface area contributed by atoms with Crippen molar-refractivity contribution in [2.75, 3.05) is 0 Å². The molecule has 0 saturated heterocycles. The first kappa shape index (κ1) is 9.73. The number of allylic oxidation sites excluding steroid dienone is 2. The van der Waals surface area contributed by atoms with Crippen molar-refractivity contribution in [1.29, 1.82) is 0 Å². The van der Waals surface area contributed by atoms with Crippen LogP contribution < -0.4 is 16.7 Å². The first-order valence-corrected chi connectivity index (χ1v) is 4.27. The second-order valence-corrected chi connectivity index (χ2v) is 2.91. The van der Waals surface area contributed by atoms with E-state index in [1.165, 1.54) is 0 Å². The molecule has 0 radical (unpaired) electrons. The largest absolute Gasteiger partial charge is 0.349 e. The number of amides is 2. The topological polar surface area (TPSA) is 79.5 Å². The van der Waals surface area contributed by atoms with E-state index in [9.17, 15) is 4.79 Å². The van der Waals surface area contributed by atoms with Gasteiger partial charge in [-0.2, -0.15) is 5.10 Å². The summed E-state index contributed by atoms with van der Waals surface area (Å²) < 4.78 is 0. The molecule has 0 fully saturated rings. The van der Waals surface area contributed by atoms with Gasteiger partial charge in [0.15, 0.2) is 0 Å². The Labute approximate surface area is 77.0 Å². The van der Waals surface area contributed by atoms with E-state index in [0.29, 0.717) is 5.92 Å². The first-order chi connectivity index (χ1) is 6.33. The van der Waals surface area contributed by atoms with Crippen LogP contribution >= 0.6 is 0 Å². The summed E-state index contributed by atoms with van der Waals surface area (Å²) in [6.07, 6.45) is 9.20. The number of hydrogen-bond acceptors (Lipinski definition) is 3. The van der Waals surface area contributed by atoms with Crippen molar-refractivity contribution in [3.05, 3.63) is 12.2 Å². The van der Waals surface area contributed by atoms with Crippen molar-refractivity contribution < 1.29 is 4.79 Å². The van der Waals surface area contributed by atoms with Crippen LogP contribution in [0.4, 0.5) is 4.79 Å². The minimum Gasteiger partial charge on any atom is -0.274 e. The number of nitrogens with two attached hydrogens (primary N) is 1. The lowest BCUT2D eigenvalue weighted by molar-refractivity contribution is 0.241. The number of carbonyl (C=O) groups is 1. The van der Waals surface area contributed by atoms with E-state index in [-0.39, 0.29) is 0 Å². The predicted molar refractivity (Wildman–Crippen MR) is 50.8 cm³/mol. The molecule has 0 bridgehead atoms. The molecule has 0 aromatic rings. The Morgan fingerprint density at radius 2 is 2.46 bits per heavy atom. The smallest absolute Gasteiger partial charge is 0.274 e. The number of hydrazine groups is 1. The molecule has 1 atom stereocenters. The van der Waals surface area contributed by atoms with E-state index in [1.807, 2.05) is 5.43 Å². The lowest BCUT2D eigenvalue weighted by atomic mass is 9.96. The van der Waals surface area contributed by atoms with Crippen LogP contribution in [0.3, 0.4) is 0 Å². The molecule has 0 aromatic carbocycles. The van der Waals surface area contributed by atoms with Crippen molar-refractivity contribution in [3.8, 4) is 0 Å². The van der Waals surface area contributed by atoms with E-state index >= 15 is 0 Å². The van der Waals surface area contributed by atoms with Gasteiger partial charge in [0.2, 0.25) is 0 Å². The fourth-order valence-corrected chi connectivity index (χ4v) is 1.19. The number of urea groups is 1. The van der Waals surface area contributed by atoms with Crippen molar-refractivity contribution in [3.63, 3.8) is 0 Å². The maximum absolute atomic E-state index is 10.6. The molecule has 2 amide bonds. The monoisotopic (exact) mass is 182 g/mol. The molecular weight excluding hydrogens is 168 g/mol. The van der Waals surface area contributed by atoms with Gasteiger partial charge in [-0.1, -0.05) is 12.2 Å². The summed E-state index contributed by atoms with van der Waals surface area (Å²) in [6.45, 7) is 0. The van der Waals surface area contributed by atoms with E-state index in [1.54, 1.807) is 6.21 Å². The number of rotatable bonds is 2. The number of carbonyl (C=O) groups excluding carboxylic acids is 1. The zero-order valence-electron chi connectivity index (χ0n) is 7.36. The third-order valence-electron chi connectivity index (χ3n) is 1.89. The highest BCUT2D eigenvalue weighted by molar-refractivity contribution is 5.74. The van der Waals surface area contributed by atoms with Crippen LogP contribution in [0.1, 0.15) is 19.3 Å². The highest BCUT2D eigenvalue weighted by atomic mass is 16.2. The Hall–Kier alpha value is -1.36. The Bertz CT molecular complexity index is 224. The molecule has 0 aromatic heterocycles. The fraction of sp³-hybridized carbons (Fsp3) is 0.500. The van der Waals surface area contributed by atoms with Crippen LogP contribution in [0, 0.1) is 5.92 Å². The van der Waals surface area contributed by atoms with Gasteiger partial charge in [0.05, 0.1) is 0 Å². The molecular formula is C8H14N4O. The van der Waals surface area contributed by atoms with Crippen LogP contribution in [0.15, 0.2) is 17.3 Å². The highest BCUT2D eigenvalue weighted by Gasteiger charge is 2.06. The molecule has 0 aliphatic heterocycles. The summed E-state index contributed by atoms with van der Waals surface area (Å²) in [4.78, 5) is 10.6. The van der Waals surface area contributed by atoms with Crippen molar-refractivity contribution >= 4 is 12.2 Å². The van der Waals surface area contributed by atoms with E-state index in [0.717, 1.165) is 19.3 Å². The quantitative estimate of drug-likeness (QED) is 0.191. The Morgan fingerprint density at radius 1 is 1.62 bits per heavy atom. The molecule has 72 valence electrons. The maximum atomic E-state index is 10.6. The van der Waals surface area contributed by atoms with Crippen molar-refractivity contribution in [1.82, 2.24) is 10.9 Å². The van der Waals surface area contributed by atoms with Gasteiger partial charge in [-0.15, -0.1) is 0 Å². The predicted octanol–water partition coefficient (Wildman–Crippen LogP) is 0.501. The maximum Gasteiger partial charge on any atom is 0.349 e. The fourth-order valence-electron chi connectivity index (χ4n) is 1.19. The summed E-state index contributed by atoms with van der Waals surface area (Å²) in [5, 5.41) is 3.76. The van der Waals surface area contributed by atoms with Gasteiger partial charge in [-0.25, -0.2) is 16.1 Å². The Morgan fingerprint density at radius 3 is 3.08 bits per heavy atom. The summed E-state index contributed by atoms with van der Waals surface area (Å²) in [5.41, 5.74) is 4.17. The molecule has 4 N–H and O–H groups in total. The second-order valence-electron chi connectivity index (χ2n) is 2.91. The van der Waals surface area contributed by atoms with Crippen LogP contribution in [0.25, 0.3) is 0 Å². The molecule has 0 spiro atoms. The van der Waals surface area contributed by atoms with Gasteiger partial charge < -0.3 is 0 Å². The van der Waals surface area contributed by atoms with E-state index in [2.05, 4.69) is 22.7 Å². The molecule has 5 heteroatoms. The summed E-state index contributed by atoms with van der Waals surface area (Å²) in [5.74, 6) is 5.28.